The molecule has 0 spiro atoms. The van der Waals surface area contributed by atoms with Crippen LogP contribution in [-0.4, -0.2) is 37.5 Å². The summed E-state index contributed by atoms with van der Waals surface area (Å²) in [7, 11) is 3.75. The van der Waals surface area contributed by atoms with Gasteiger partial charge in [0.05, 0.1) is 11.3 Å². The summed E-state index contributed by atoms with van der Waals surface area (Å²) < 4.78 is 27.0. The first-order chi connectivity index (χ1) is 9.22. The third-order valence-electron chi connectivity index (χ3n) is 2.99. The number of nitrogen functional groups attached to an aromatic ring is 1. The van der Waals surface area contributed by atoms with Crippen molar-refractivity contribution in [1.29, 1.82) is 0 Å². The van der Waals surface area contributed by atoms with E-state index < -0.39 is 17.5 Å². The quantitative estimate of drug-likeness (QED) is 0.812. The number of hydrogen-bond acceptors (Lipinski definition) is 3. The van der Waals surface area contributed by atoms with Crippen LogP contribution in [0.25, 0.3) is 0 Å². The summed E-state index contributed by atoms with van der Waals surface area (Å²) in [6.07, 6.45) is 0. The number of hydrogen-bond donors (Lipinski definition) is 2. The van der Waals surface area contributed by atoms with Gasteiger partial charge in [0, 0.05) is 12.6 Å². The van der Waals surface area contributed by atoms with Gasteiger partial charge in [-0.25, -0.2) is 8.78 Å². The predicted molar refractivity (Wildman–Crippen MR) is 75.4 cm³/mol. The number of carbonyl (C=O) groups excluding carboxylic acids is 1. The Labute approximate surface area is 117 Å². The van der Waals surface area contributed by atoms with Crippen molar-refractivity contribution in [2.45, 2.75) is 19.9 Å². The first kappa shape index (κ1) is 16.4. The van der Waals surface area contributed by atoms with E-state index in [2.05, 4.69) is 5.32 Å². The fraction of sp³-hybridized carbons (Fsp3) is 0.500. The van der Waals surface area contributed by atoms with Crippen molar-refractivity contribution in [3.05, 3.63) is 29.3 Å². The van der Waals surface area contributed by atoms with Crippen LogP contribution in [0.4, 0.5) is 14.5 Å². The molecule has 0 fully saturated rings. The fourth-order valence-corrected chi connectivity index (χ4v) is 1.84. The maximum absolute atomic E-state index is 13.8. The van der Waals surface area contributed by atoms with Gasteiger partial charge in [-0.2, -0.15) is 0 Å². The Morgan fingerprint density at radius 3 is 2.45 bits per heavy atom. The number of carbonyl (C=O) groups is 1. The van der Waals surface area contributed by atoms with Crippen molar-refractivity contribution in [3.63, 3.8) is 0 Å². The second-order valence-corrected chi connectivity index (χ2v) is 5.44. The summed E-state index contributed by atoms with van der Waals surface area (Å²) in [6, 6.07) is 1.54. The lowest BCUT2D eigenvalue weighted by atomic mass is 10.0. The van der Waals surface area contributed by atoms with E-state index in [1.54, 1.807) is 0 Å². The molecule has 1 atom stereocenters. The van der Waals surface area contributed by atoms with Crippen molar-refractivity contribution >= 4 is 11.6 Å². The minimum atomic E-state index is -0.892. The van der Waals surface area contributed by atoms with E-state index in [4.69, 9.17) is 5.73 Å². The SMILES string of the molecule is CC(C)C(CN(C)C)NC(=O)c1cc(F)cc(N)c1F. The van der Waals surface area contributed by atoms with Crippen LogP contribution in [0.3, 0.4) is 0 Å². The number of amides is 1. The van der Waals surface area contributed by atoms with Gasteiger partial charge in [0.1, 0.15) is 5.82 Å². The second-order valence-electron chi connectivity index (χ2n) is 5.44. The molecule has 1 aromatic carbocycles. The molecule has 20 heavy (non-hydrogen) atoms. The molecule has 0 aromatic heterocycles. The number of anilines is 1. The standard InChI is InChI=1S/C14H21F2N3O/c1-8(2)12(7-19(3)4)18-14(20)10-5-9(15)6-11(17)13(10)16/h5-6,8,12H,7,17H2,1-4H3,(H,18,20). The lowest BCUT2D eigenvalue weighted by molar-refractivity contribution is 0.0912. The van der Waals surface area contributed by atoms with Crippen LogP contribution in [0, 0.1) is 17.6 Å². The molecular weight excluding hydrogens is 264 g/mol. The van der Waals surface area contributed by atoms with Crippen LogP contribution in [0.2, 0.25) is 0 Å². The van der Waals surface area contributed by atoms with Crippen LogP contribution in [0.1, 0.15) is 24.2 Å². The van der Waals surface area contributed by atoms with Gasteiger partial charge in [0.15, 0.2) is 5.82 Å². The average Bonchev–Trinajstić information content (AvgIpc) is 2.32. The van der Waals surface area contributed by atoms with Gasteiger partial charge < -0.3 is 16.0 Å². The first-order valence-electron chi connectivity index (χ1n) is 6.42. The van der Waals surface area contributed by atoms with E-state index in [9.17, 15) is 13.6 Å². The summed E-state index contributed by atoms with van der Waals surface area (Å²) in [4.78, 5) is 14.0. The molecular formula is C14H21F2N3O. The molecule has 6 heteroatoms. The number of likely N-dealkylation sites (N-methyl/N-ethyl adjacent to an activating group) is 1. The van der Waals surface area contributed by atoms with Gasteiger partial charge in [-0.05, 0) is 32.1 Å². The monoisotopic (exact) mass is 285 g/mol. The second kappa shape index (κ2) is 6.65. The Bertz CT molecular complexity index is 490. The zero-order valence-electron chi connectivity index (χ0n) is 12.2. The van der Waals surface area contributed by atoms with Gasteiger partial charge in [-0.3, -0.25) is 4.79 Å². The zero-order valence-corrected chi connectivity index (χ0v) is 12.2. The molecule has 0 saturated heterocycles. The Hall–Kier alpha value is -1.69. The minimum absolute atomic E-state index is 0.162. The average molecular weight is 285 g/mol. The van der Waals surface area contributed by atoms with E-state index >= 15 is 0 Å². The molecule has 4 nitrogen and oxygen atoms in total. The van der Waals surface area contributed by atoms with Crippen LogP contribution >= 0.6 is 0 Å². The number of nitrogens with zero attached hydrogens (tertiary/aromatic N) is 1. The summed E-state index contributed by atoms with van der Waals surface area (Å²) in [5.41, 5.74) is 4.59. The smallest absolute Gasteiger partial charge is 0.254 e. The van der Waals surface area contributed by atoms with Gasteiger partial charge in [-0.1, -0.05) is 13.8 Å². The van der Waals surface area contributed by atoms with Crippen molar-refractivity contribution in [3.8, 4) is 0 Å². The molecule has 1 rings (SSSR count). The van der Waals surface area contributed by atoms with E-state index in [-0.39, 0.29) is 23.2 Å². The number of nitrogens with two attached hydrogens (primary N) is 1. The lowest BCUT2D eigenvalue weighted by Gasteiger charge is -2.25. The summed E-state index contributed by atoms with van der Waals surface area (Å²) in [6.45, 7) is 4.51. The predicted octanol–water partition coefficient (Wildman–Crippen LogP) is 1.86. The first-order valence-corrected chi connectivity index (χ1v) is 6.42. The van der Waals surface area contributed by atoms with Crippen LogP contribution in [0.5, 0.6) is 0 Å². The molecule has 1 aromatic rings. The van der Waals surface area contributed by atoms with Crippen molar-refractivity contribution in [2.24, 2.45) is 5.92 Å². The Morgan fingerprint density at radius 2 is 1.95 bits per heavy atom. The summed E-state index contributed by atoms with van der Waals surface area (Å²) in [5, 5.41) is 2.72. The molecule has 0 aliphatic heterocycles. The molecule has 0 radical (unpaired) electrons. The summed E-state index contributed by atoms with van der Waals surface area (Å²) in [5.74, 6) is -2.12. The van der Waals surface area contributed by atoms with Gasteiger partial charge in [0.25, 0.3) is 5.91 Å². The lowest BCUT2D eigenvalue weighted by Crippen LogP contribution is -2.45. The third kappa shape index (κ3) is 4.16. The highest BCUT2D eigenvalue weighted by Gasteiger charge is 2.21. The fourth-order valence-electron chi connectivity index (χ4n) is 1.84. The van der Waals surface area contributed by atoms with Crippen LogP contribution in [-0.2, 0) is 0 Å². The molecule has 112 valence electrons. The number of nitrogens with one attached hydrogen (secondary N) is 1. The highest BCUT2D eigenvalue weighted by atomic mass is 19.1. The van der Waals surface area contributed by atoms with E-state index in [0.717, 1.165) is 12.1 Å². The molecule has 0 aliphatic carbocycles. The number of benzene rings is 1. The third-order valence-corrected chi connectivity index (χ3v) is 2.99. The largest absolute Gasteiger partial charge is 0.396 e. The topological polar surface area (TPSA) is 58.4 Å². The minimum Gasteiger partial charge on any atom is -0.396 e. The number of halogens is 2. The van der Waals surface area contributed by atoms with Crippen LogP contribution < -0.4 is 11.1 Å². The van der Waals surface area contributed by atoms with Crippen molar-refractivity contribution in [1.82, 2.24) is 10.2 Å². The van der Waals surface area contributed by atoms with Crippen LogP contribution in [0.15, 0.2) is 12.1 Å². The highest BCUT2D eigenvalue weighted by Crippen LogP contribution is 2.18. The van der Waals surface area contributed by atoms with Gasteiger partial charge in [-0.15, -0.1) is 0 Å². The van der Waals surface area contributed by atoms with E-state index in [0.29, 0.717) is 6.54 Å². The zero-order chi connectivity index (χ0) is 15.4. The van der Waals surface area contributed by atoms with Crippen molar-refractivity contribution < 1.29 is 13.6 Å². The highest BCUT2D eigenvalue weighted by molar-refractivity contribution is 5.95. The molecule has 0 heterocycles. The Morgan fingerprint density at radius 1 is 1.35 bits per heavy atom. The molecule has 0 saturated carbocycles. The Kier molecular flexibility index (Phi) is 5.44. The normalized spacial score (nSPS) is 12.8. The summed E-state index contributed by atoms with van der Waals surface area (Å²) >= 11 is 0. The van der Waals surface area contributed by atoms with Gasteiger partial charge >= 0.3 is 0 Å². The Balaban J connectivity index is 2.95. The molecule has 0 aliphatic rings. The van der Waals surface area contributed by atoms with Crippen molar-refractivity contribution in [2.75, 3.05) is 26.4 Å². The molecule has 0 bridgehead atoms. The van der Waals surface area contributed by atoms with Gasteiger partial charge in [0.2, 0.25) is 0 Å². The number of rotatable bonds is 5. The maximum atomic E-state index is 13.8. The maximum Gasteiger partial charge on any atom is 0.254 e. The molecule has 3 N–H and O–H groups in total. The molecule has 1 amide bonds. The van der Waals surface area contributed by atoms with E-state index in [1.807, 2.05) is 32.8 Å². The van der Waals surface area contributed by atoms with E-state index in [1.165, 1.54) is 0 Å². The molecule has 1 unspecified atom stereocenters.